The number of nitrogens with one attached hydrogen (secondary N) is 1. The van der Waals surface area contributed by atoms with Crippen LogP contribution in [0.4, 0.5) is 5.69 Å². The van der Waals surface area contributed by atoms with Crippen molar-refractivity contribution in [2.45, 2.75) is 38.8 Å². The minimum atomic E-state index is -0.555. The smallest absolute Gasteiger partial charge is 0.275 e. The average molecular weight is 321 g/mol. The molecule has 0 bridgehead atoms. The van der Waals surface area contributed by atoms with E-state index in [4.69, 9.17) is 10.6 Å². The third kappa shape index (κ3) is 6.77. The normalized spacial score (nSPS) is 9.96. The molecule has 0 saturated carbocycles. The van der Waals surface area contributed by atoms with E-state index in [1.54, 1.807) is 6.07 Å². The number of hydrogen-bond acceptors (Lipinski definition) is 5. The zero-order chi connectivity index (χ0) is 17.1. The summed E-state index contributed by atoms with van der Waals surface area (Å²) in [6, 6.07) is 4.47. The van der Waals surface area contributed by atoms with Gasteiger partial charge in [0.15, 0.2) is 0 Å². The molecular formula is C14H19N5O4. The Balaban J connectivity index is 2.39. The number of benzene rings is 1. The van der Waals surface area contributed by atoms with Gasteiger partial charge in [0, 0.05) is 30.5 Å². The Morgan fingerprint density at radius 2 is 2.17 bits per heavy atom. The monoisotopic (exact) mass is 321 g/mol. The lowest BCUT2D eigenvalue weighted by Crippen LogP contribution is -2.22. The maximum Gasteiger partial charge on any atom is 0.275 e. The van der Waals surface area contributed by atoms with Gasteiger partial charge in [0.25, 0.3) is 5.69 Å². The molecule has 1 rings (SSSR count). The molecule has 0 saturated heterocycles. The van der Waals surface area contributed by atoms with Gasteiger partial charge < -0.3 is 10.4 Å². The van der Waals surface area contributed by atoms with E-state index in [1.165, 1.54) is 12.1 Å². The van der Waals surface area contributed by atoms with Gasteiger partial charge >= 0.3 is 0 Å². The summed E-state index contributed by atoms with van der Waals surface area (Å²) >= 11 is 0. The van der Waals surface area contributed by atoms with Gasteiger partial charge in [0.05, 0.1) is 17.1 Å². The molecule has 0 aromatic heterocycles. The summed E-state index contributed by atoms with van der Waals surface area (Å²) < 4.78 is 0. The molecule has 0 heterocycles. The number of amides is 1. The lowest BCUT2D eigenvalue weighted by Gasteiger charge is -2.07. The lowest BCUT2D eigenvalue weighted by molar-refractivity contribution is -0.385. The lowest BCUT2D eigenvalue weighted by atomic mass is 10.1. The Morgan fingerprint density at radius 3 is 2.83 bits per heavy atom. The van der Waals surface area contributed by atoms with Gasteiger partial charge in [-0.2, -0.15) is 0 Å². The number of unbranched alkanes of at least 4 members (excludes halogenated alkanes) is 2. The van der Waals surface area contributed by atoms with E-state index in [1.807, 2.05) is 0 Å². The first-order valence-corrected chi connectivity index (χ1v) is 7.23. The molecule has 23 heavy (non-hydrogen) atoms. The van der Waals surface area contributed by atoms with Crippen molar-refractivity contribution in [1.82, 2.24) is 5.32 Å². The van der Waals surface area contributed by atoms with Gasteiger partial charge in [-0.25, -0.2) is 0 Å². The van der Waals surface area contributed by atoms with Crippen LogP contribution in [0.25, 0.3) is 10.4 Å². The van der Waals surface area contributed by atoms with Gasteiger partial charge in [-0.15, -0.1) is 0 Å². The third-order valence-corrected chi connectivity index (χ3v) is 3.23. The van der Waals surface area contributed by atoms with Crippen LogP contribution >= 0.6 is 0 Å². The molecule has 0 atom stereocenters. The predicted octanol–water partition coefficient (Wildman–Crippen LogP) is 2.57. The number of aliphatic hydroxyl groups is 1. The van der Waals surface area contributed by atoms with Crippen LogP contribution in [0.3, 0.4) is 0 Å². The molecular weight excluding hydrogens is 302 g/mol. The second-order valence-electron chi connectivity index (χ2n) is 4.92. The zero-order valence-electron chi connectivity index (χ0n) is 12.6. The van der Waals surface area contributed by atoms with E-state index in [0.29, 0.717) is 24.9 Å². The second kappa shape index (κ2) is 10.1. The molecule has 0 fully saturated rings. The molecule has 1 aromatic rings. The van der Waals surface area contributed by atoms with Crippen LogP contribution in [-0.4, -0.2) is 22.5 Å². The summed E-state index contributed by atoms with van der Waals surface area (Å²) in [5, 5.41) is 26.1. The van der Waals surface area contributed by atoms with Crippen LogP contribution in [-0.2, 0) is 17.9 Å². The highest BCUT2D eigenvalue weighted by Crippen LogP contribution is 2.20. The van der Waals surface area contributed by atoms with E-state index in [9.17, 15) is 14.9 Å². The van der Waals surface area contributed by atoms with Crippen molar-refractivity contribution in [3.05, 3.63) is 49.9 Å². The Morgan fingerprint density at radius 1 is 1.39 bits per heavy atom. The first kappa shape index (κ1) is 18.4. The minimum Gasteiger partial charge on any atom is -0.391 e. The SMILES string of the molecule is [N-]=[N+]=NCCCCCC(=O)NCc1ccc(CO)c([N+](=O)[O-])c1. The van der Waals surface area contributed by atoms with Crippen LogP contribution in [0.2, 0.25) is 0 Å². The molecule has 1 amide bonds. The van der Waals surface area contributed by atoms with Crippen LogP contribution in [0.1, 0.15) is 36.8 Å². The standard InChI is InChI=1S/C14H19N5O4/c15-18-17-7-3-1-2-4-14(21)16-9-11-5-6-12(10-20)13(8-11)19(22)23/h5-6,8,20H,1-4,7,9-10H2,(H,16,21). The Labute approximate surface area is 133 Å². The number of azide groups is 1. The van der Waals surface area contributed by atoms with Crippen molar-refractivity contribution in [3.8, 4) is 0 Å². The van der Waals surface area contributed by atoms with Crippen molar-refractivity contribution in [2.24, 2.45) is 5.11 Å². The largest absolute Gasteiger partial charge is 0.391 e. The molecule has 0 unspecified atom stereocenters. The number of aliphatic hydroxyl groups excluding tert-OH is 1. The number of carbonyl (C=O) groups excluding carboxylic acids is 1. The third-order valence-electron chi connectivity index (χ3n) is 3.23. The molecule has 0 aliphatic heterocycles. The van der Waals surface area contributed by atoms with Crippen molar-refractivity contribution >= 4 is 11.6 Å². The van der Waals surface area contributed by atoms with E-state index >= 15 is 0 Å². The maximum atomic E-state index is 11.7. The summed E-state index contributed by atoms with van der Waals surface area (Å²) in [5.74, 6) is -0.136. The van der Waals surface area contributed by atoms with E-state index in [-0.39, 0.29) is 23.7 Å². The minimum absolute atomic E-state index is 0.136. The predicted molar refractivity (Wildman–Crippen MR) is 83.3 cm³/mol. The molecule has 2 N–H and O–H groups in total. The van der Waals surface area contributed by atoms with Gasteiger partial charge in [0.2, 0.25) is 5.91 Å². The zero-order valence-corrected chi connectivity index (χ0v) is 12.6. The number of nitro benzene ring substituents is 1. The van der Waals surface area contributed by atoms with Crippen LogP contribution in [0.5, 0.6) is 0 Å². The summed E-state index contributed by atoms with van der Waals surface area (Å²) in [6.45, 7) is 0.224. The first-order valence-electron chi connectivity index (χ1n) is 7.23. The Bertz CT molecular complexity index is 599. The molecule has 0 radical (unpaired) electrons. The first-order chi connectivity index (χ1) is 11.1. The van der Waals surface area contributed by atoms with Gasteiger partial charge in [-0.1, -0.05) is 17.6 Å². The number of nitrogens with zero attached hydrogens (tertiary/aromatic N) is 4. The fourth-order valence-corrected chi connectivity index (χ4v) is 2.00. The topological polar surface area (TPSA) is 141 Å². The maximum absolute atomic E-state index is 11.7. The Kier molecular flexibility index (Phi) is 8.12. The van der Waals surface area contributed by atoms with Crippen molar-refractivity contribution in [3.63, 3.8) is 0 Å². The summed E-state index contributed by atoms with van der Waals surface area (Å²) in [7, 11) is 0. The van der Waals surface area contributed by atoms with Gasteiger partial charge in [-0.05, 0) is 30.0 Å². The number of carbonyl (C=O) groups is 1. The van der Waals surface area contributed by atoms with Crippen molar-refractivity contribution in [1.29, 1.82) is 0 Å². The molecule has 9 heteroatoms. The molecule has 0 spiro atoms. The van der Waals surface area contributed by atoms with Crippen molar-refractivity contribution in [2.75, 3.05) is 6.54 Å². The highest BCUT2D eigenvalue weighted by molar-refractivity contribution is 5.75. The summed E-state index contributed by atoms with van der Waals surface area (Å²) in [4.78, 5) is 24.7. The van der Waals surface area contributed by atoms with Gasteiger partial charge in [0.1, 0.15) is 0 Å². The van der Waals surface area contributed by atoms with Crippen LogP contribution in [0.15, 0.2) is 23.3 Å². The van der Waals surface area contributed by atoms with Crippen LogP contribution < -0.4 is 5.32 Å². The van der Waals surface area contributed by atoms with Crippen molar-refractivity contribution < 1.29 is 14.8 Å². The summed E-state index contributed by atoms with van der Waals surface area (Å²) in [6.07, 6.45) is 2.58. The highest BCUT2D eigenvalue weighted by atomic mass is 16.6. The van der Waals surface area contributed by atoms with Crippen LogP contribution in [0, 0.1) is 10.1 Å². The molecule has 124 valence electrons. The highest BCUT2D eigenvalue weighted by Gasteiger charge is 2.13. The quantitative estimate of drug-likeness (QED) is 0.170. The van der Waals surface area contributed by atoms with E-state index < -0.39 is 11.5 Å². The molecule has 0 aliphatic rings. The number of hydrogen-bond donors (Lipinski definition) is 2. The second-order valence-corrected chi connectivity index (χ2v) is 4.92. The fraction of sp³-hybridized carbons (Fsp3) is 0.500. The van der Waals surface area contributed by atoms with Gasteiger partial charge in [-0.3, -0.25) is 14.9 Å². The van der Waals surface area contributed by atoms with E-state index in [0.717, 1.165) is 12.8 Å². The molecule has 0 aliphatic carbocycles. The Hall–Kier alpha value is -2.64. The molecule has 9 nitrogen and oxygen atoms in total. The van der Waals surface area contributed by atoms with E-state index in [2.05, 4.69) is 15.3 Å². The average Bonchev–Trinajstić information content (AvgIpc) is 2.55. The summed E-state index contributed by atoms with van der Waals surface area (Å²) in [5.41, 5.74) is 8.80. The number of rotatable bonds is 10. The number of nitro groups is 1. The fourth-order valence-electron chi connectivity index (χ4n) is 2.00. The molecule has 1 aromatic carbocycles.